The van der Waals surface area contributed by atoms with Crippen LogP contribution in [0.4, 0.5) is 0 Å². The molecule has 0 bridgehead atoms. The second-order valence-corrected chi connectivity index (χ2v) is 5.48. The molecule has 1 amide bonds. The molecule has 3 unspecified atom stereocenters. The fourth-order valence-corrected chi connectivity index (χ4v) is 2.71. The largest absolute Gasteiger partial charge is 0.342 e. The van der Waals surface area contributed by atoms with E-state index in [9.17, 15) is 4.79 Å². The summed E-state index contributed by atoms with van der Waals surface area (Å²) >= 11 is 0. The fourth-order valence-electron chi connectivity index (χ4n) is 2.71. The minimum atomic E-state index is 0.180. The molecule has 0 spiro atoms. The molecule has 1 aliphatic carbocycles. The molecule has 3 heteroatoms. The fraction of sp³-hybridized carbons (Fsp3) is 0.929. The van der Waals surface area contributed by atoms with Crippen molar-refractivity contribution >= 4 is 5.91 Å². The van der Waals surface area contributed by atoms with E-state index in [0.29, 0.717) is 11.8 Å². The number of nitrogens with two attached hydrogens (primary N) is 1. The highest BCUT2D eigenvalue weighted by molar-refractivity contribution is 5.79. The average molecular weight is 240 g/mol. The predicted molar refractivity (Wildman–Crippen MR) is 71.6 cm³/mol. The summed E-state index contributed by atoms with van der Waals surface area (Å²) in [6.07, 6.45) is 5.09. The van der Waals surface area contributed by atoms with Crippen molar-refractivity contribution in [2.75, 3.05) is 13.1 Å². The van der Waals surface area contributed by atoms with E-state index in [1.165, 1.54) is 0 Å². The highest BCUT2D eigenvalue weighted by Gasteiger charge is 2.31. The summed E-state index contributed by atoms with van der Waals surface area (Å²) in [5.41, 5.74) is 6.08. The summed E-state index contributed by atoms with van der Waals surface area (Å²) in [5.74, 6) is 1.10. The van der Waals surface area contributed by atoms with Crippen molar-refractivity contribution in [2.24, 2.45) is 17.6 Å². The Bertz CT molecular complexity index is 236. The molecule has 0 heterocycles. The summed E-state index contributed by atoms with van der Waals surface area (Å²) in [5, 5.41) is 0. The molecule has 0 saturated heterocycles. The summed E-state index contributed by atoms with van der Waals surface area (Å²) in [4.78, 5) is 14.4. The molecule has 1 aliphatic rings. The van der Waals surface area contributed by atoms with Crippen LogP contribution in [-0.4, -0.2) is 29.9 Å². The third kappa shape index (κ3) is 3.98. The Hall–Kier alpha value is -0.570. The molecule has 3 nitrogen and oxygen atoms in total. The van der Waals surface area contributed by atoms with Gasteiger partial charge in [-0.05, 0) is 38.0 Å². The maximum Gasteiger partial charge on any atom is 0.225 e. The van der Waals surface area contributed by atoms with Crippen LogP contribution < -0.4 is 5.73 Å². The molecule has 0 aromatic rings. The van der Waals surface area contributed by atoms with Crippen molar-refractivity contribution in [1.29, 1.82) is 0 Å². The van der Waals surface area contributed by atoms with Crippen molar-refractivity contribution < 1.29 is 4.79 Å². The number of amides is 1. The Morgan fingerprint density at radius 2 is 1.82 bits per heavy atom. The van der Waals surface area contributed by atoms with Crippen LogP contribution in [0.15, 0.2) is 0 Å². The van der Waals surface area contributed by atoms with Gasteiger partial charge < -0.3 is 10.6 Å². The molecule has 0 aliphatic heterocycles. The number of hydrogen-bond donors (Lipinski definition) is 1. The minimum Gasteiger partial charge on any atom is -0.342 e. The van der Waals surface area contributed by atoms with Crippen LogP contribution in [-0.2, 0) is 4.79 Å². The zero-order chi connectivity index (χ0) is 12.8. The van der Waals surface area contributed by atoms with E-state index in [1.54, 1.807) is 0 Å². The quantitative estimate of drug-likeness (QED) is 0.802. The summed E-state index contributed by atoms with van der Waals surface area (Å²) in [6, 6.07) is 0.211. The monoisotopic (exact) mass is 240 g/mol. The zero-order valence-electron chi connectivity index (χ0n) is 11.6. The van der Waals surface area contributed by atoms with E-state index in [2.05, 4.69) is 20.8 Å². The molecule has 0 radical (unpaired) electrons. The molecule has 100 valence electrons. The molecular formula is C14H28N2O. The first-order valence-corrected chi connectivity index (χ1v) is 7.14. The maximum absolute atomic E-state index is 12.4. The Labute approximate surface area is 106 Å². The molecule has 1 rings (SSSR count). The van der Waals surface area contributed by atoms with Crippen LogP contribution in [0.3, 0.4) is 0 Å². The SMILES string of the molecule is CCCN(CCC)C(=O)C1CCC(C)C(N)C1. The lowest BCUT2D eigenvalue weighted by molar-refractivity contribution is -0.137. The van der Waals surface area contributed by atoms with E-state index in [-0.39, 0.29) is 12.0 Å². The van der Waals surface area contributed by atoms with Gasteiger partial charge in [0.05, 0.1) is 0 Å². The third-order valence-electron chi connectivity index (χ3n) is 3.91. The number of hydrogen-bond acceptors (Lipinski definition) is 2. The van der Waals surface area contributed by atoms with Crippen molar-refractivity contribution in [1.82, 2.24) is 4.90 Å². The summed E-state index contributed by atoms with van der Waals surface area (Å²) < 4.78 is 0. The highest BCUT2D eigenvalue weighted by atomic mass is 16.2. The van der Waals surface area contributed by atoms with Gasteiger partial charge in [0.15, 0.2) is 0 Å². The molecule has 1 fully saturated rings. The van der Waals surface area contributed by atoms with Crippen LogP contribution >= 0.6 is 0 Å². The average Bonchev–Trinajstić information content (AvgIpc) is 2.31. The van der Waals surface area contributed by atoms with Crippen molar-refractivity contribution in [3.8, 4) is 0 Å². The smallest absolute Gasteiger partial charge is 0.225 e. The zero-order valence-corrected chi connectivity index (χ0v) is 11.6. The topological polar surface area (TPSA) is 46.3 Å². The molecule has 3 atom stereocenters. The molecule has 0 aromatic carbocycles. The number of rotatable bonds is 5. The second kappa shape index (κ2) is 7.00. The first-order chi connectivity index (χ1) is 8.10. The van der Waals surface area contributed by atoms with Crippen molar-refractivity contribution in [3.05, 3.63) is 0 Å². The molecule has 0 aromatic heterocycles. The van der Waals surface area contributed by atoms with Gasteiger partial charge in [-0.15, -0.1) is 0 Å². The van der Waals surface area contributed by atoms with E-state index in [0.717, 1.165) is 45.2 Å². The molecule has 17 heavy (non-hydrogen) atoms. The predicted octanol–water partition coefficient (Wildman–Crippen LogP) is 2.40. The third-order valence-corrected chi connectivity index (χ3v) is 3.91. The van der Waals surface area contributed by atoms with Gasteiger partial charge in [-0.25, -0.2) is 0 Å². The summed E-state index contributed by atoms with van der Waals surface area (Å²) in [6.45, 7) is 8.25. The first-order valence-electron chi connectivity index (χ1n) is 7.14. The maximum atomic E-state index is 12.4. The van der Waals surface area contributed by atoms with Gasteiger partial charge >= 0.3 is 0 Å². The van der Waals surface area contributed by atoms with Crippen molar-refractivity contribution in [2.45, 2.75) is 58.9 Å². The van der Waals surface area contributed by atoms with Crippen LogP contribution in [0, 0.1) is 11.8 Å². The Morgan fingerprint density at radius 3 is 2.29 bits per heavy atom. The van der Waals surface area contributed by atoms with E-state index >= 15 is 0 Å². The standard InChI is InChI=1S/C14H28N2O/c1-4-8-16(9-5-2)14(17)12-7-6-11(3)13(15)10-12/h11-13H,4-10,15H2,1-3H3. The van der Waals surface area contributed by atoms with E-state index < -0.39 is 0 Å². The van der Waals surface area contributed by atoms with Crippen LogP contribution in [0.5, 0.6) is 0 Å². The van der Waals surface area contributed by atoms with E-state index in [4.69, 9.17) is 5.73 Å². The number of carbonyl (C=O) groups is 1. The van der Waals surface area contributed by atoms with Gasteiger partial charge in [-0.1, -0.05) is 20.8 Å². The number of carbonyl (C=O) groups excluding carboxylic acids is 1. The molecule has 1 saturated carbocycles. The number of nitrogens with zero attached hydrogens (tertiary/aromatic N) is 1. The van der Waals surface area contributed by atoms with Crippen LogP contribution in [0.2, 0.25) is 0 Å². The van der Waals surface area contributed by atoms with Gasteiger partial charge in [0.1, 0.15) is 0 Å². The summed E-state index contributed by atoms with van der Waals surface area (Å²) in [7, 11) is 0. The Kier molecular flexibility index (Phi) is 5.96. The second-order valence-electron chi connectivity index (χ2n) is 5.48. The molecular weight excluding hydrogens is 212 g/mol. The van der Waals surface area contributed by atoms with Crippen molar-refractivity contribution in [3.63, 3.8) is 0 Å². The van der Waals surface area contributed by atoms with Gasteiger partial charge in [0.2, 0.25) is 5.91 Å². The normalized spacial score (nSPS) is 29.1. The minimum absolute atomic E-state index is 0.180. The van der Waals surface area contributed by atoms with Crippen LogP contribution in [0.25, 0.3) is 0 Å². The van der Waals surface area contributed by atoms with E-state index in [1.807, 2.05) is 4.90 Å². The van der Waals surface area contributed by atoms with Crippen LogP contribution in [0.1, 0.15) is 52.9 Å². The van der Waals surface area contributed by atoms with Gasteiger partial charge in [0, 0.05) is 25.0 Å². The van der Waals surface area contributed by atoms with Gasteiger partial charge in [-0.2, -0.15) is 0 Å². The van der Waals surface area contributed by atoms with Gasteiger partial charge in [-0.3, -0.25) is 4.79 Å². The van der Waals surface area contributed by atoms with Gasteiger partial charge in [0.25, 0.3) is 0 Å². The Balaban J connectivity index is 2.55. The first kappa shape index (κ1) is 14.5. The lowest BCUT2D eigenvalue weighted by Gasteiger charge is -2.34. The molecule has 2 N–H and O–H groups in total. The highest BCUT2D eigenvalue weighted by Crippen LogP contribution is 2.29. The lowest BCUT2D eigenvalue weighted by atomic mass is 9.79. The lowest BCUT2D eigenvalue weighted by Crippen LogP contribution is -2.43. The Morgan fingerprint density at radius 1 is 1.24 bits per heavy atom.